The van der Waals surface area contributed by atoms with Crippen molar-refractivity contribution in [3.8, 4) is 5.75 Å². The van der Waals surface area contributed by atoms with Crippen molar-refractivity contribution < 1.29 is 13.2 Å². The van der Waals surface area contributed by atoms with Crippen LogP contribution in [0.2, 0.25) is 0 Å². The minimum atomic E-state index is -3.46. The average molecular weight is 348 g/mol. The van der Waals surface area contributed by atoms with E-state index in [9.17, 15) is 8.42 Å². The fourth-order valence-corrected chi connectivity index (χ4v) is 4.12. The molecular formula is C16H20N4O3S. The molecule has 0 saturated carbocycles. The number of benzene rings is 1. The molecule has 7 nitrogen and oxygen atoms in total. The number of sulfonamides is 1. The predicted octanol–water partition coefficient (Wildman–Crippen LogP) is 0.992. The molecule has 0 radical (unpaired) electrons. The van der Waals surface area contributed by atoms with Gasteiger partial charge in [-0.3, -0.25) is 4.90 Å². The Morgan fingerprint density at radius 2 is 1.67 bits per heavy atom. The normalized spacial score (nSPS) is 16.9. The Balaban J connectivity index is 1.62. The summed E-state index contributed by atoms with van der Waals surface area (Å²) < 4.78 is 32.0. The van der Waals surface area contributed by atoms with Crippen LogP contribution in [-0.4, -0.2) is 60.9 Å². The van der Waals surface area contributed by atoms with Gasteiger partial charge in [0.05, 0.1) is 12.0 Å². The number of rotatable bonds is 5. The van der Waals surface area contributed by atoms with Crippen molar-refractivity contribution in [3.05, 3.63) is 48.5 Å². The summed E-state index contributed by atoms with van der Waals surface area (Å²) in [5, 5.41) is 0. The summed E-state index contributed by atoms with van der Waals surface area (Å²) in [5.41, 5.74) is 1.03. The summed E-state index contributed by atoms with van der Waals surface area (Å²) in [4.78, 5) is 10.5. The molecule has 2 aromatic rings. The van der Waals surface area contributed by atoms with Gasteiger partial charge in [-0.1, -0.05) is 0 Å². The Kier molecular flexibility index (Phi) is 5.08. The van der Waals surface area contributed by atoms with Gasteiger partial charge in [-0.05, 0) is 24.3 Å². The smallest absolute Gasteiger partial charge is 0.243 e. The number of aromatic nitrogens is 2. The Morgan fingerprint density at radius 1 is 1.04 bits per heavy atom. The molecule has 1 saturated heterocycles. The van der Waals surface area contributed by atoms with Gasteiger partial charge in [0.15, 0.2) is 0 Å². The second-order valence-electron chi connectivity index (χ2n) is 5.60. The lowest BCUT2D eigenvalue weighted by molar-refractivity contribution is 0.181. The molecule has 2 heterocycles. The molecule has 1 aromatic carbocycles. The van der Waals surface area contributed by atoms with Crippen molar-refractivity contribution in [1.82, 2.24) is 19.2 Å². The first-order valence-corrected chi connectivity index (χ1v) is 9.14. The molecule has 0 bridgehead atoms. The molecule has 1 aliphatic rings. The van der Waals surface area contributed by atoms with Crippen LogP contribution in [0.25, 0.3) is 0 Å². The predicted molar refractivity (Wildman–Crippen MR) is 89.1 cm³/mol. The number of piperazine rings is 1. The lowest BCUT2D eigenvalue weighted by Crippen LogP contribution is -2.48. The minimum absolute atomic E-state index is 0.299. The van der Waals surface area contributed by atoms with Crippen LogP contribution in [-0.2, 0) is 16.6 Å². The van der Waals surface area contributed by atoms with E-state index in [4.69, 9.17) is 4.74 Å². The van der Waals surface area contributed by atoms with Gasteiger partial charge in [0.25, 0.3) is 0 Å². The second-order valence-corrected chi connectivity index (χ2v) is 7.54. The molecule has 0 N–H and O–H groups in total. The Morgan fingerprint density at radius 3 is 2.25 bits per heavy atom. The van der Waals surface area contributed by atoms with Crippen LogP contribution in [0.5, 0.6) is 5.75 Å². The molecule has 128 valence electrons. The lowest BCUT2D eigenvalue weighted by atomic mass is 10.3. The van der Waals surface area contributed by atoms with Gasteiger partial charge in [-0.25, -0.2) is 18.4 Å². The standard InChI is InChI=1S/C16H20N4O3S/c1-23-15-2-4-16(5-3-15)24(21,22)20-8-6-19(7-9-20)12-14-10-17-13-18-11-14/h2-5,10-11,13H,6-9,12H2,1H3. The van der Waals surface area contributed by atoms with Crippen LogP contribution in [0.1, 0.15) is 5.56 Å². The van der Waals surface area contributed by atoms with Crippen LogP contribution in [0, 0.1) is 0 Å². The Labute approximate surface area is 142 Å². The molecule has 1 aromatic heterocycles. The number of nitrogens with zero attached hydrogens (tertiary/aromatic N) is 4. The first kappa shape index (κ1) is 16.8. The summed E-state index contributed by atoms with van der Waals surface area (Å²) in [6.07, 6.45) is 5.07. The van der Waals surface area contributed by atoms with Gasteiger partial charge in [0.2, 0.25) is 10.0 Å². The molecular weight excluding hydrogens is 328 g/mol. The van der Waals surface area contributed by atoms with E-state index < -0.39 is 10.0 Å². The highest BCUT2D eigenvalue weighted by molar-refractivity contribution is 7.89. The maximum atomic E-state index is 12.7. The van der Waals surface area contributed by atoms with Gasteiger partial charge in [-0.2, -0.15) is 4.31 Å². The highest BCUT2D eigenvalue weighted by Crippen LogP contribution is 2.21. The van der Waals surface area contributed by atoms with Gasteiger partial charge < -0.3 is 4.74 Å². The summed E-state index contributed by atoms with van der Waals surface area (Å²) in [6, 6.07) is 6.50. The molecule has 0 unspecified atom stereocenters. The molecule has 0 amide bonds. The fourth-order valence-electron chi connectivity index (χ4n) is 2.69. The number of ether oxygens (including phenoxy) is 1. The van der Waals surface area contributed by atoms with E-state index in [0.29, 0.717) is 36.8 Å². The fraction of sp³-hybridized carbons (Fsp3) is 0.375. The SMILES string of the molecule is COc1ccc(S(=O)(=O)N2CCN(Cc3cncnc3)CC2)cc1. The van der Waals surface area contributed by atoms with Gasteiger partial charge in [0, 0.05) is 50.7 Å². The second kappa shape index (κ2) is 7.25. The topological polar surface area (TPSA) is 75.6 Å². The van der Waals surface area contributed by atoms with Crippen molar-refractivity contribution >= 4 is 10.0 Å². The summed E-state index contributed by atoms with van der Waals surface area (Å²) in [5.74, 6) is 0.642. The summed E-state index contributed by atoms with van der Waals surface area (Å²) in [7, 11) is -1.90. The van der Waals surface area contributed by atoms with E-state index in [0.717, 1.165) is 12.1 Å². The number of hydrogen-bond acceptors (Lipinski definition) is 6. The number of methoxy groups -OCH3 is 1. The third-order valence-electron chi connectivity index (χ3n) is 4.05. The highest BCUT2D eigenvalue weighted by atomic mass is 32.2. The first-order chi connectivity index (χ1) is 11.6. The Hall–Kier alpha value is -2.03. The monoisotopic (exact) mass is 348 g/mol. The van der Waals surface area contributed by atoms with E-state index in [1.807, 2.05) is 0 Å². The molecule has 0 spiro atoms. The molecule has 1 fully saturated rings. The van der Waals surface area contributed by atoms with Crippen molar-refractivity contribution in [2.45, 2.75) is 11.4 Å². The van der Waals surface area contributed by atoms with Crippen LogP contribution in [0.3, 0.4) is 0 Å². The van der Waals surface area contributed by atoms with Crippen LogP contribution < -0.4 is 4.74 Å². The van der Waals surface area contributed by atoms with Gasteiger partial charge in [-0.15, -0.1) is 0 Å². The minimum Gasteiger partial charge on any atom is -0.497 e. The molecule has 1 aliphatic heterocycles. The molecule has 24 heavy (non-hydrogen) atoms. The third-order valence-corrected chi connectivity index (χ3v) is 5.96. The van der Waals surface area contributed by atoms with Crippen LogP contribution >= 0.6 is 0 Å². The van der Waals surface area contributed by atoms with Gasteiger partial charge >= 0.3 is 0 Å². The maximum absolute atomic E-state index is 12.7. The maximum Gasteiger partial charge on any atom is 0.243 e. The lowest BCUT2D eigenvalue weighted by Gasteiger charge is -2.33. The Bertz CT molecular complexity index is 758. The molecule has 8 heteroatoms. The zero-order valence-corrected chi connectivity index (χ0v) is 14.3. The zero-order valence-electron chi connectivity index (χ0n) is 13.5. The van der Waals surface area contributed by atoms with E-state index in [1.165, 1.54) is 10.6 Å². The van der Waals surface area contributed by atoms with Crippen LogP contribution in [0.15, 0.2) is 47.9 Å². The quantitative estimate of drug-likeness (QED) is 0.802. The van der Waals surface area contributed by atoms with Crippen molar-refractivity contribution in [2.75, 3.05) is 33.3 Å². The largest absolute Gasteiger partial charge is 0.497 e. The molecule has 3 rings (SSSR count). The first-order valence-electron chi connectivity index (χ1n) is 7.70. The van der Waals surface area contributed by atoms with Gasteiger partial charge in [0.1, 0.15) is 12.1 Å². The average Bonchev–Trinajstić information content (AvgIpc) is 2.63. The zero-order chi connectivity index (χ0) is 17.0. The van der Waals surface area contributed by atoms with E-state index >= 15 is 0 Å². The third kappa shape index (κ3) is 3.72. The van der Waals surface area contributed by atoms with E-state index in [-0.39, 0.29) is 0 Å². The van der Waals surface area contributed by atoms with Crippen molar-refractivity contribution in [2.24, 2.45) is 0 Å². The molecule has 0 atom stereocenters. The molecule has 0 aliphatic carbocycles. The van der Waals surface area contributed by atoms with Crippen molar-refractivity contribution in [3.63, 3.8) is 0 Å². The summed E-state index contributed by atoms with van der Waals surface area (Å²) >= 11 is 0. The summed E-state index contributed by atoms with van der Waals surface area (Å²) in [6.45, 7) is 3.05. The van der Waals surface area contributed by atoms with E-state index in [2.05, 4.69) is 14.9 Å². The van der Waals surface area contributed by atoms with E-state index in [1.54, 1.807) is 43.8 Å². The van der Waals surface area contributed by atoms with Crippen molar-refractivity contribution in [1.29, 1.82) is 0 Å². The number of hydrogen-bond donors (Lipinski definition) is 0. The highest BCUT2D eigenvalue weighted by Gasteiger charge is 2.28. The van der Waals surface area contributed by atoms with Crippen LogP contribution in [0.4, 0.5) is 0 Å².